The van der Waals surface area contributed by atoms with Crippen LogP contribution in [0.5, 0.6) is 23.0 Å². The van der Waals surface area contributed by atoms with Crippen molar-refractivity contribution in [1.82, 2.24) is 4.90 Å². The van der Waals surface area contributed by atoms with Crippen LogP contribution in [0.15, 0.2) is 65.6 Å². The van der Waals surface area contributed by atoms with E-state index in [0.717, 1.165) is 5.56 Å². The average molecular weight is 483 g/mol. The van der Waals surface area contributed by atoms with E-state index < -0.39 is 10.0 Å². The number of nitrogens with one attached hydrogen (secondary N) is 1. The lowest BCUT2D eigenvalue weighted by Gasteiger charge is -2.21. The van der Waals surface area contributed by atoms with Gasteiger partial charge in [-0.2, -0.15) is 0 Å². The minimum atomic E-state index is -3.93. The van der Waals surface area contributed by atoms with Gasteiger partial charge in [-0.25, -0.2) is 8.42 Å². The summed E-state index contributed by atoms with van der Waals surface area (Å²) in [6.45, 7) is 1.40. The monoisotopic (exact) mass is 482 g/mol. The van der Waals surface area contributed by atoms with Crippen LogP contribution in [0.2, 0.25) is 0 Å². The highest BCUT2D eigenvalue weighted by molar-refractivity contribution is 7.92. The molecular formula is C24H22N2O7S. The number of carbonyl (C=O) groups is 1. The Morgan fingerprint density at radius 1 is 0.882 bits per heavy atom. The van der Waals surface area contributed by atoms with E-state index in [9.17, 15) is 13.2 Å². The summed E-state index contributed by atoms with van der Waals surface area (Å²) < 4.78 is 50.1. The van der Waals surface area contributed by atoms with Crippen molar-refractivity contribution in [2.45, 2.75) is 11.4 Å². The van der Waals surface area contributed by atoms with Gasteiger partial charge in [0.2, 0.25) is 6.79 Å². The number of hydrogen-bond donors (Lipinski definition) is 1. The SMILES string of the molecule is CN(Cc1ccc2c(c1)OCCO2)C(=O)c1cccc(S(=O)(=O)Nc2ccc3c(c2)OCO3)c1. The molecule has 2 aliphatic heterocycles. The summed E-state index contributed by atoms with van der Waals surface area (Å²) in [5.41, 5.74) is 1.46. The molecule has 0 fully saturated rings. The lowest BCUT2D eigenvalue weighted by Crippen LogP contribution is -2.26. The molecular weight excluding hydrogens is 460 g/mol. The van der Waals surface area contributed by atoms with Crippen LogP contribution < -0.4 is 23.7 Å². The van der Waals surface area contributed by atoms with E-state index in [4.69, 9.17) is 18.9 Å². The van der Waals surface area contributed by atoms with Gasteiger partial charge in [-0.15, -0.1) is 0 Å². The summed E-state index contributed by atoms with van der Waals surface area (Å²) in [5, 5.41) is 0. The lowest BCUT2D eigenvalue weighted by molar-refractivity contribution is 0.0784. The van der Waals surface area contributed by atoms with Crippen molar-refractivity contribution in [2.75, 3.05) is 31.8 Å². The predicted molar refractivity (Wildman–Crippen MR) is 123 cm³/mol. The number of benzene rings is 3. The van der Waals surface area contributed by atoms with Crippen LogP contribution in [-0.2, 0) is 16.6 Å². The molecule has 2 heterocycles. The molecule has 10 heteroatoms. The van der Waals surface area contributed by atoms with Gasteiger partial charge in [-0.05, 0) is 48.0 Å². The zero-order valence-electron chi connectivity index (χ0n) is 18.3. The van der Waals surface area contributed by atoms with Crippen LogP contribution in [-0.4, -0.2) is 46.3 Å². The number of nitrogens with zero attached hydrogens (tertiary/aromatic N) is 1. The van der Waals surface area contributed by atoms with Gasteiger partial charge < -0.3 is 23.8 Å². The van der Waals surface area contributed by atoms with E-state index in [1.165, 1.54) is 17.0 Å². The van der Waals surface area contributed by atoms with Gasteiger partial charge in [0.05, 0.1) is 10.6 Å². The molecule has 9 nitrogen and oxygen atoms in total. The largest absolute Gasteiger partial charge is 0.486 e. The molecule has 0 saturated heterocycles. The molecule has 0 atom stereocenters. The van der Waals surface area contributed by atoms with Gasteiger partial charge >= 0.3 is 0 Å². The van der Waals surface area contributed by atoms with Crippen LogP contribution in [0.4, 0.5) is 5.69 Å². The number of amides is 1. The van der Waals surface area contributed by atoms with Gasteiger partial charge in [0.25, 0.3) is 15.9 Å². The van der Waals surface area contributed by atoms with E-state index >= 15 is 0 Å². The summed E-state index contributed by atoms with van der Waals surface area (Å²) >= 11 is 0. The Labute approximate surface area is 196 Å². The highest BCUT2D eigenvalue weighted by atomic mass is 32.2. The number of fused-ring (bicyclic) bond motifs is 2. The second-order valence-electron chi connectivity index (χ2n) is 7.84. The topological polar surface area (TPSA) is 103 Å². The van der Waals surface area contributed by atoms with Gasteiger partial charge in [-0.3, -0.25) is 9.52 Å². The maximum atomic E-state index is 13.0. The summed E-state index contributed by atoms with van der Waals surface area (Å²) in [6.07, 6.45) is 0. The molecule has 0 bridgehead atoms. The minimum absolute atomic E-state index is 0.0243. The third-order valence-electron chi connectivity index (χ3n) is 5.39. The average Bonchev–Trinajstić information content (AvgIpc) is 3.31. The Kier molecular flexibility index (Phi) is 5.66. The Morgan fingerprint density at radius 2 is 1.59 bits per heavy atom. The molecule has 0 unspecified atom stereocenters. The van der Waals surface area contributed by atoms with Gasteiger partial charge in [-0.1, -0.05) is 12.1 Å². The van der Waals surface area contributed by atoms with Gasteiger partial charge in [0.15, 0.2) is 23.0 Å². The maximum Gasteiger partial charge on any atom is 0.261 e. The Morgan fingerprint density at radius 3 is 2.44 bits per heavy atom. The second-order valence-corrected chi connectivity index (χ2v) is 9.52. The normalized spacial score (nSPS) is 13.9. The highest BCUT2D eigenvalue weighted by Gasteiger charge is 2.21. The molecule has 3 aromatic rings. The molecule has 176 valence electrons. The molecule has 1 amide bonds. The zero-order chi connectivity index (χ0) is 23.7. The van der Waals surface area contributed by atoms with E-state index in [-0.39, 0.29) is 23.2 Å². The Balaban J connectivity index is 1.31. The molecule has 0 aliphatic carbocycles. The van der Waals surface area contributed by atoms with E-state index in [1.807, 2.05) is 18.2 Å². The first-order valence-electron chi connectivity index (χ1n) is 10.6. The van der Waals surface area contributed by atoms with Crippen molar-refractivity contribution >= 4 is 21.6 Å². The molecule has 1 N–H and O–H groups in total. The van der Waals surface area contributed by atoms with Crippen molar-refractivity contribution in [1.29, 1.82) is 0 Å². The Hall–Kier alpha value is -3.92. The quantitative estimate of drug-likeness (QED) is 0.575. The number of rotatable bonds is 6. The van der Waals surface area contributed by atoms with Gasteiger partial charge in [0.1, 0.15) is 13.2 Å². The number of ether oxygens (including phenoxy) is 4. The number of sulfonamides is 1. The first-order chi connectivity index (χ1) is 16.4. The number of carbonyl (C=O) groups excluding carboxylic acids is 1. The van der Waals surface area contributed by atoms with Crippen LogP contribution in [0, 0.1) is 0 Å². The van der Waals surface area contributed by atoms with Crippen LogP contribution in [0.25, 0.3) is 0 Å². The molecule has 0 radical (unpaired) electrons. The Bertz CT molecular complexity index is 1360. The van der Waals surface area contributed by atoms with Crippen molar-refractivity contribution < 1.29 is 32.2 Å². The molecule has 0 aromatic heterocycles. The molecule has 34 heavy (non-hydrogen) atoms. The number of anilines is 1. The molecule has 0 saturated carbocycles. The predicted octanol–water partition coefficient (Wildman–Crippen LogP) is 3.26. The maximum absolute atomic E-state index is 13.0. The van der Waals surface area contributed by atoms with Crippen molar-refractivity contribution in [3.05, 3.63) is 71.8 Å². The summed E-state index contributed by atoms with van der Waals surface area (Å²) in [4.78, 5) is 14.5. The lowest BCUT2D eigenvalue weighted by atomic mass is 10.1. The molecule has 0 spiro atoms. The molecule has 5 rings (SSSR count). The zero-order valence-corrected chi connectivity index (χ0v) is 19.1. The van der Waals surface area contributed by atoms with Crippen molar-refractivity contribution in [2.24, 2.45) is 0 Å². The summed E-state index contributed by atoms with van der Waals surface area (Å²) in [7, 11) is -2.27. The van der Waals surface area contributed by atoms with E-state index in [0.29, 0.717) is 48.4 Å². The fourth-order valence-corrected chi connectivity index (χ4v) is 4.82. The highest BCUT2D eigenvalue weighted by Crippen LogP contribution is 2.35. The third-order valence-corrected chi connectivity index (χ3v) is 6.77. The first-order valence-corrected chi connectivity index (χ1v) is 12.0. The molecule has 2 aliphatic rings. The van der Waals surface area contributed by atoms with E-state index in [2.05, 4.69) is 4.72 Å². The van der Waals surface area contributed by atoms with Crippen molar-refractivity contribution in [3.63, 3.8) is 0 Å². The van der Waals surface area contributed by atoms with E-state index in [1.54, 1.807) is 37.4 Å². The minimum Gasteiger partial charge on any atom is -0.486 e. The van der Waals surface area contributed by atoms with Crippen LogP contribution in [0.1, 0.15) is 15.9 Å². The van der Waals surface area contributed by atoms with Gasteiger partial charge in [0, 0.05) is 25.2 Å². The standard InChI is InChI=1S/C24H22N2O7S/c1-26(14-16-5-7-20-22(11-16)31-10-9-30-20)24(27)17-3-2-4-19(12-17)34(28,29)25-18-6-8-21-23(13-18)33-15-32-21/h2-8,11-13,25H,9-10,14-15H2,1H3. The van der Waals surface area contributed by atoms with Crippen LogP contribution >= 0.6 is 0 Å². The smallest absolute Gasteiger partial charge is 0.261 e. The fraction of sp³-hybridized carbons (Fsp3) is 0.208. The molecule has 3 aromatic carbocycles. The first kappa shape index (κ1) is 21.9. The summed E-state index contributed by atoms with van der Waals surface area (Å²) in [5.74, 6) is 2.03. The second kappa shape index (κ2) is 8.79. The number of hydrogen-bond acceptors (Lipinski definition) is 7. The summed E-state index contributed by atoms with van der Waals surface area (Å²) in [6, 6.07) is 16.2. The third kappa shape index (κ3) is 4.44. The fourth-order valence-electron chi connectivity index (χ4n) is 3.72. The van der Waals surface area contributed by atoms with Crippen LogP contribution in [0.3, 0.4) is 0 Å². The van der Waals surface area contributed by atoms with Crippen molar-refractivity contribution in [3.8, 4) is 23.0 Å².